The van der Waals surface area contributed by atoms with Gasteiger partial charge >= 0.3 is 5.97 Å². The standard InChI is InChI=1S/C16H28N2O2/c1-3-4-5-6-7-8-9-10-15-17(2)13-14-18(15)12-11-16(19)20/h13-14H,3-12H2,1-2H3/p+1. The minimum atomic E-state index is -0.733. The molecular formula is C16H29N2O2+. The van der Waals surface area contributed by atoms with E-state index in [1.165, 1.54) is 50.8 Å². The highest BCUT2D eigenvalue weighted by molar-refractivity contribution is 5.66. The molecule has 0 saturated heterocycles. The fourth-order valence-corrected chi connectivity index (χ4v) is 2.54. The Morgan fingerprint density at radius 2 is 1.85 bits per heavy atom. The molecule has 1 rings (SSSR count). The van der Waals surface area contributed by atoms with E-state index in [0.29, 0.717) is 6.54 Å². The Morgan fingerprint density at radius 3 is 2.50 bits per heavy atom. The number of unbranched alkanes of at least 4 members (excludes halogenated alkanes) is 6. The lowest BCUT2D eigenvalue weighted by atomic mass is 10.1. The monoisotopic (exact) mass is 281 g/mol. The first-order valence-corrected chi connectivity index (χ1v) is 7.90. The summed E-state index contributed by atoms with van der Waals surface area (Å²) in [6.45, 7) is 2.81. The van der Waals surface area contributed by atoms with Crippen LogP contribution in [0.25, 0.3) is 0 Å². The van der Waals surface area contributed by atoms with Gasteiger partial charge < -0.3 is 5.11 Å². The van der Waals surface area contributed by atoms with Gasteiger partial charge in [0.05, 0.1) is 13.5 Å². The van der Waals surface area contributed by atoms with E-state index in [1.807, 2.05) is 19.4 Å². The molecule has 1 aromatic rings. The van der Waals surface area contributed by atoms with Crippen molar-refractivity contribution in [3.8, 4) is 0 Å². The predicted octanol–water partition coefficient (Wildman–Crippen LogP) is 3.08. The average Bonchev–Trinajstić information content (AvgIpc) is 2.76. The quantitative estimate of drug-likeness (QED) is 0.500. The molecule has 0 amide bonds. The molecule has 1 heterocycles. The number of rotatable bonds is 11. The molecule has 0 aliphatic rings. The lowest BCUT2D eigenvalue weighted by molar-refractivity contribution is -0.678. The molecule has 114 valence electrons. The van der Waals surface area contributed by atoms with Crippen molar-refractivity contribution in [2.24, 2.45) is 7.05 Å². The zero-order valence-electron chi connectivity index (χ0n) is 13.0. The molecule has 4 nitrogen and oxygen atoms in total. The van der Waals surface area contributed by atoms with Crippen LogP contribution in [0, 0.1) is 0 Å². The van der Waals surface area contributed by atoms with Crippen molar-refractivity contribution in [3.63, 3.8) is 0 Å². The van der Waals surface area contributed by atoms with Gasteiger partial charge in [0, 0.05) is 6.42 Å². The number of hydrogen-bond donors (Lipinski definition) is 1. The molecule has 0 aliphatic heterocycles. The Hall–Kier alpha value is -1.32. The summed E-state index contributed by atoms with van der Waals surface area (Å²) in [5, 5.41) is 8.77. The number of aromatic nitrogens is 2. The number of imidazole rings is 1. The summed E-state index contributed by atoms with van der Waals surface area (Å²) in [6.07, 6.45) is 14.4. The second kappa shape index (κ2) is 9.56. The van der Waals surface area contributed by atoms with Crippen molar-refractivity contribution in [1.82, 2.24) is 4.57 Å². The van der Waals surface area contributed by atoms with E-state index < -0.39 is 5.97 Å². The largest absolute Gasteiger partial charge is 0.481 e. The maximum atomic E-state index is 10.7. The average molecular weight is 281 g/mol. The van der Waals surface area contributed by atoms with Crippen LogP contribution in [0.4, 0.5) is 0 Å². The molecule has 0 unspecified atom stereocenters. The molecule has 1 N–H and O–H groups in total. The Morgan fingerprint density at radius 1 is 1.20 bits per heavy atom. The van der Waals surface area contributed by atoms with Gasteiger partial charge in [0.2, 0.25) is 0 Å². The molecule has 0 spiro atoms. The van der Waals surface area contributed by atoms with E-state index >= 15 is 0 Å². The van der Waals surface area contributed by atoms with Gasteiger partial charge in [0.1, 0.15) is 18.9 Å². The summed E-state index contributed by atoms with van der Waals surface area (Å²) in [4.78, 5) is 10.7. The van der Waals surface area contributed by atoms with E-state index in [-0.39, 0.29) is 6.42 Å². The number of carbonyl (C=O) groups is 1. The third-order valence-corrected chi connectivity index (χ3v) is 3.78. The van der Waals surface area contributed by atoms with Crippen LogP contribution in [0.5, 0.6) is 0 Å². The maximum Gasteiger partial charge on any atom is 0.307 e. The highest BCUT2D eigenvalue weighted by atomic mass is 16.4. The summed E-state index contributed by atoms with van der Waals surface area (Å²) in [6, 6.07) is 0. The maximum absolute atomic E-state index is 10.7. The number of carboxylic acids is 1. The highest BCUT2D eigenvalue weighted by Crippen LogP contribution is 2.09. The minimum Gasteiger partial charge on any atom is -0.481 e. The van der Waals surface area contributed by atoms with Gasteiger partial charge in [-0.1, -0.05) is 45.4 Å². The number of carboxylic acid groups (broad SMARTS) is 1. The van der Waals surface area contributed by atoms with Gasteiger partial charge in [-0.2, -0.15) is 0 Å². The summed E-state index contributed by atoms with van der Waals surface area (Å²) in [5.74, 6) is 0.503. The van der Waals surface area contributed by atoms with Gasteiger partial charge in [-0.25, -0.2) is 9.13 Å². The topological polar surface area (TPSA) is 46.1 Å². The third kappa shape index (κ3) is 6.22. The van der Waals surface area contributed by atoms with Gasteiger partial charge in [-0.05, 0) is 6.42 Å². The van der Waals surface area contributed by atoms with Gasteiger partial charge in [-0.15, -0.1) is 0 Å². The molecule has 20 heavy (non-hydrogen) atoms. The smallest absolute Gasteiger partial charge is 0.307 e. The second-order valence-electron chi connectivity index (χ2n) is 5.53. The van der Waals surface area contributed by atoms with Crippen LogP contribution in [0.3, 0.4) is 0 Å². The fourth-order valence-electron chi connectivity index (χ4n) is 2.54. The first kappa shape index (κ1) is 16.7. The Balaban J connectivity index is 2.28. The number of aryl methyl sites for hydroxylation is 2. The first-order valence-electron chi connectivity index (χ1n) is 7.90. The van der Waals surface area contributed by atoms with Crippen LogP contribution in [-0.2, 0) is 24.8 Å². The first-order chi connectivity index (χ1) is 9.65. The molecule has 1 aromatic heterocycles. The molecule has 0 aliphatic carbocycles. The van der Waals surface area contributed by atoms with E-state index in [2.05, 4.69) is 16.1 Å². The summed E-state index contributed by atoms with van der Waals surface area (Å²) in [5.41, 5.74) is 0. The lowest BCUT2D eigenvalue weighted by Gasteiger charge is -2.03. The molecule has 0 fully saturated rings. The van der Waals surface area contributed by atoms with Crippen LogP contribution in [0.15, 0.2) is 12.4 Å². The van der Waals surface area contributed by atoms with Crippen molar-refractivity contribution < 1.29 is 14.5 Å². The van der Waals surface area contributed by atoms with Crippen molar-refractivity contribution >= 4 is 5.97 Å². The molecule has 0 saturated carbocycles. The van der Waals surface area contributed by atoms with Crippen molar-refractivity contribution in [2.75, 3.05) is 0 Å². The summed E-state index contributed by atoms with van der Waals surface area (Å²) in [7, 11) is 2.04. The summed E-state index contributed by atoms with van der Waals surface area (Å²) >= 11 is 0. The Labute approximate surface area is 122 Å². The molecule has 0 bridgehead atoms. The van der Waals surface area contributed by atoms with Crippen LogP contribution in [-0.4, -0.2) is 15.6 Å². The van der Waals surface area contributed by atoms with E-state index in [9.17, 15) is 4.79 Å². The van der Waals surface area contributed by atoms with Crippen LogP contribution < -0.4 is 4.57 Å². The van der Waals surface area contributed by atoms with Crippen molar-refractivity contribution in [3.05, 3.63) is 18.2 Å². The van der Waals surface area contributed by atoms with Gasteiger partial charge in [0.15, 0.2) is 0 Å². The van der Waals surface area contributed by atoms with E-state index in [0.717, 1.165) is 6.42 Å². The third-order valence-electron chi connectivity index (χ3n) is 3.78. The fraction of sp³-hybridized carbons (Fsp3) is 0.750. The SMILES string of the molecule is CCCCCCCCCc1n(CCC(=O)O)cc[n+]1C. The van der Waals surface area contributed by atoms with Crippen LogP contribution in [0.2, 0.25) is 0 Å². The Bertz CT molecular complexity index is 399. The molecular weight excluding hydrogens is 252 g/mol. The van der Waals surface area contributed by atoms with Crippen molar-refractivity contribution in [2.45, 2.75) is 71.3 Å². The predicted molar refractivity (Wildman–Crippen MR) is 79.6 cm³/mol. The van der Waals surface area contributed by atoms with Crippen LogP contribution >= 0.6 is 0 Å². The normalized spacial score (nSPS) is 10.9. The van der Waals surface area contributed by atoms with E-state index in [1.54, 1.807) is 0 Å². The number of nitrogens with zero attached hydrogens (tertiary/aromatic N) is 2. The minimum absolute atomic E-state index is 0.193. The molecule has 4 heteroatoms. The molecule has 0 aromatic carbocycles. The summed E-state index contributed by atoms with van der Waals surface area (Å²) < 4.78 is 4.18. The zero-order chi connectivity index (χ0) is 14.8. The number of hydrogen-bond acceptors (Lipinski definition) is 1. The van der Waals surface area contributed by atoms with E-state index in [4.69, 9.17) is 5.11 Å². The molecule has 0 atom stereocenters. The molecule has 0 radical (unpaired) electrons. The zero-order valence-corrected chi connectivity index (χ0v) is 13.0. The second-order valence-corrected chi connectivity index (χ2v) is 5.53. The number of aliphatic carboxylic acids is 1. The Kier molecular flexibility index (Phi) is 8.00. The van der Waals surface area contributed by atoms with Gasteiger partial charge in [0.25, 0.3) is 5.82 Å². The van der Waals surface area contributed by atoms with Gasteiger partial charge in [-0.3, -0.25) is 4.79 Å². The van der Waals surface area contributed by atoms with Crippen molar-refractivity contribution in [1.29, 1.82) is 0 Å². The lowest BCUT2D eigenvalue weighted by Crippen LogP contribution is -2.32. The highest BCUT2D eigenvalue weighted by Gasteiger charge is 2.14. The van der Waals surface area contributed by atoms with Crippen LogP contribution in [0.1, 0.15) is 64.1 Å².